The van der Waals surface area contributed by atoms with Crippen molar-refractivity contribution in [1.82, 2.24) is 0 Å². The molecule has 0 atom stereocenters. The highest BCUT2D eigenvalue weighted by Crippen LogP contribution is 2.32. The van der Waals surface area contributed by atoms with Gasteiger partial charge in [0.2, 0.25) is 0 Å². The van der Waals surface area contributed by atoms with Crippen LogP contribution in [0.4, 0.5) is 0 Å². The molecule has 0 amide bonds. The van der Waals surface area contributed by atoms with Crippen LogP contribution in [0.15, 0.2) is 48.2 Å². The van der Waals surface area contributed by atoms with Crippen molar-refractivity contribution in [3.05, 3.63) is 64.9 Å². The van der Waals surface area contributed by atoms with Crippen LogP contribution in [0.25, 0.3) is 0 Å². The SMILES string of the molecule is BrCc1c(Br)ccc(CCCCc2c(Br)cccc2Br)c1Br. The maximum Gasteiger partial charge on any atom is 0.0305 e. The number of rotatable bonds is 6. The van der Waals surface area contributed by atoms with Gasteiger partial charge in [-0.2, -0.15) is 0 Å². The van der Waals surface area contributed by atoms with Crippen LogP contribution in [0, 0.1) is 0 Å². The number of benzene rings is 2. The summed E-state index contributed by atoms with van der Waals surface area (Å²) in [5.74, 6) is 0. The van der Waals surface area contributed by atoms with Crippen LogP contribution in [0.1, 0.15) is 29.5 Å². The molecule has 0 aromatic heterocycles. The van der Waals surface area contributed by atoms with E-state index in [9.17, 15) is 0 Å². The molecule has 118 valence electrons. The van der Waals surface area contributed by atoms with E-state index in [1.165, 1.54) is 43.0 Å². The molecule has 5 heteroatoms. The lowest BCUT2D eigenvalue weighted by atomic mass is 10.0. The largest absolute Gasteiger partial charge is 0.0875 e. The molecular formula is C17H15Br5. The molecule has 2 aromatic carbocycles. The Kier molecular flexibility index (Phi) is 8.15. The second kappa shape index (κ2) is 9.36. The van der Waals surface area contributed by atoms with Gasteiger partial charge in [0, 0.05) is 23.2 Å². The van der Waals surface area contributed by atoms with Crippen molar-refractivity contribution in [1.29, 1.82) is 0 Å². The average molecular weight is 619 g/mol. The summed E-state index contributed by atoms with van der Waals surface area (Å²) in [7, 11) is 0. The molecular weight excluding hydrogens is 604 g/mol. The Morgan fingerprint density at radius 1 is 0.682 bits per heavy atom. The van der Waals surface area contributed by atoms with E-state index < -0.39 is 0 Å². The lowest BCUT2D eigenvalue weighted by Crippen LogP contribution is -1.95. The molecule has 0 aliphatic heterocycles. The van der Waals surface area contributed by atoms with Crippen molar-refractivity contribution in [3.8, 4) is 0 Å². The van der Waals surface area contributed by atoms with Gasteiger partial charge in [0.15, 0.2) is 0 Å². The van der Waals surface area contributed by atoms with E-state index in [4.69, 9.17) is 0 Å². The minimum Gasteiger partial charge on any atom is -0.0875 e. The summed E-state index contributed by atoms with van der Waals surface area (Å²) in [4.78, 5) is 0. The number of unbranched alkanes of at least 4 members (excludes halogenated alkanes) is 1. The fourth-order valence-electron chi connectivity index (χ4n) is 2.35. The first-order valence-corrected chi connectivity index (χ1v) is 11.3. The molecule has 0 unspecified atom stereocenters. The Morgan fingerprint density at radius 3 is 1.91 bits per heavy atom. The van der Waals surface area contributed by atoms with Gasteiger partial charge in [0.1, 0.15) is 0 Å². The summed E-state index contributed by atoms with van der Waals surface area (Å²) >= 11 is 18.2. The maximum absolute atomic E-state index is 3.74. The van der Waals surface area contributed by atoms with Crippen molar-refractivity contribution in [3.63, 3.8) is 0 Å². The minimum absolute atomic E-state index is 0.853. The number of hydrogen-bond acceptors (Lipinski definition) is 0. The lowest BCUT2D eigenvalue weighted by Gasteiger charge is -2.11. The van der Waals surface area contributed by atoms with E-state index in [0.717, 1.165) is 22.6 Å². The molecule has 0 aliphatic rings. The third-order valence-corrected chi connectivity index (χ3v) is 7.36. The number of aryl methyl sites for hydroxylation is 1. The van der Waals surface area contributed by atoms with Crippen molar-refractivity contribution in [2.45, 2.75) is 31.0 Å². The number of alkyl halides is 1. The molecule has 0 radical (unpaired) electrons. The summed E-state index contributed by atoms with van der Waals surface area (Å²) in [6.45, 7) is 0. The fourth-order valence-corrected chi connectivity index (χ4v) is 6.50. The molecule has 22 heavy (non-hydrogen) atoms. The Labute approximate surface area is 174 Å². The summed E-state index contributed by atoms with van der Waals surface area (Å²) in [6, 6.07) is 10.6. The minimum atomic E-state index is 0.853. The van der Waals surface area contributed by atoms with Crippen molar-refractivity contribution < 1.29 is 0 Å². The molecule has 0 N–H and O–H groups in total. The van der Waals surface area contributed by atoms with Gasteiger partial charge in [-0.3, -0.25) is 0 Å². The van der Waals surface area contributed by atoms with Gasteiger partial charge in [-0.25, -0.2) is 0 Å². The Bertz CT molecular complexity index is 631. The zero-order valence-electron chi connectivity index (χ0n) is 11.8. The Balaban J connectivity index is 1.95. The molecule has 2 rings (SSSR count). The van der Waals surface area contributed by atoms with Gasteiger partial charge in [-0.1, -0.05) is 91.8 Å². The summed E-state index contributed by atoms with van der Waals surface area (Å²) in [5, 5.41) is 0.853. The second-order valence-electron chi connectivity index (χ2n) is 5.04. The van der Waals surface area contributed by atoms with Gasteiger partial charge in [-0.15, -0.1) is 0 Å². The molecule has 0 bridgehead atoms. The first kappa shape index (κ1) is 19.2. The first-order valence-electron chi connectivity index (χ1n) is 6.99. The molecule has 0 saturated heterocycles. The molecule has 0 aliphatic carbocycles. The van der Waals surface area contributed by atoms with Crippen LogP contribution in [-0.2, 0) is 18.2 Å². The van der Waals surface area contributed by atoms with Gasteiger partial charge in [0.05, 0.1) is 0 Å². The molecule has 0 nitrogen and oxygen atoms in total. The Hall–Kier alpha value is 0.840. The van der Waals surface area contributed by atoms with Crippen LogP contribution < -0.4 is 0 Å². The number of halogens is 5. The van der Waals surface area contributed by atoms with Crippen LogP contribution >= 0.6 is 79.6 Å². The lowest BCUT2D eigenvalue weighted by molar-refractivity contribution is 0.729. The highest BCUT2D eigenvalue weighted by molar-refractivity contribution is 9.11. The smallest absolute Gasteiger partial charge is 0.0305 e. The topological polar surface area (TPSA) is 0 Å². The average Bonchev–Trinajstić information content (AvgIpc) is 2.48. The maximum atomic E-state index is 3.74. The highest BCUT2D eigenvalue weighted by Gasteiger charge is 2.09. The van der Waals surface area contributed by atoms with Crippen LogP contribution in [-0.4, -0.2) is 0 Å². The molecule has 0 heterocycles. The summed E-state index contributed by atoms with van der Waals surface area (Å²) in [5.41, 5.74) is 4.02. The van der Waals surface area contributed by atoms with Gasteiger partial charge in [0.25, 0.3) is 0 Å². The third-order valence-electron chi connectivity index (χ3n) is 3.58. The Morgan fingerprint density at radius 2 is 1.27 bits per heavy atom. The van der Waals surface area contributed by atoms with E-state index in [-0.39, 0.29) is 0 Å². The third kappa shape index (κ3) is 4.92. The molecule has 0 spiro atoms. The fraction of sp³-hybridized carbons (Fsp3) is 0.294. The second-order valence-corrected chi connectivity index (χ2v) is 8.96. The van der Waals surface area contributed by atoms with Gasteiger partial charge in [-0.05, 0) is 60.6 Å². The molecule has 0 saturated carbocycles. The molecule has 0 fully saturated rings. The van der Waals surface area contributed by atoms with E-state index in [1.807, 2.05) is 0 Å². The van der Waals surface area contributed by atoms with E-state index in [1.54, 1.807) is 0 Å². The zero-order chi connectivity index (χ0) is 16.1. The van der Waals surface area contributed by atoms with Crippen molar-refractivity contribution in [2.75, 3.05) is 0 Å². The van der Waals surface area contributed by atoms with Crippen LogP contribution in [0.2, 0.25) is 0 Å². The van der Waals surface area contributed by atoms with E-state index in [0.29, 0.717) is 0 Å². The highest BCUT2D eigenvalue weighted by atomic mass is 79.9. The normalized spacial score (nSPS) is 11.0. The van der Waals surface area contributed by atoms with Crippen LogP contribution in [0.5, 0.6) is 0 Å². The quantitative estimate of drug-likeness (QED) is 0.226. The van der Waals surface area contributed by atoms with E-state index >= 15 is 0 Å². The summed E-state index contributed by atoms with van der Waals surface area (Å²) in [6.07, 6.45) is 4.53. The monoisotopic (exact) mass is 614 g/mol. The standard InChI is InChI=1S/C17H15Br5/c18-10-13-16(21)9-8-11(17(13)22)4-1-2-5-12-14(19)6-3-7-15(12)20/h3,6-9H,1-2,4-5,10H2. The first-order chi connectivity index (χ1) is 10.5. The number of hydrogen-bond donors (Lipinski definition) is 0. The molecule has 2 aromatic rings. The predicted molar refractivity (Wildman–Crippen MR) is 113 cm³/mol. The van der Waals surface area contributed by atoms with Gasteiger partial charge < -0.3 is 0 Å². The summed E-state index contributed by atoms with van der Waals surface area (Å²) < 4.78 is 4.75. The van der Waals surface area contributed by atoms with Crippen molar-refractivity contribution in [2.24, 2.45) is 0 Å². The predicted octanol–water partition coefficient (Wildman–Crippen LogP) is 8.20. The van der Waals surface area contributed by atoms with Crippen LogP contribution in [0.3, 0.4) is 0 Å². The van der Waals surface area contributed by atoms with E-state index in [2.05, 4.69) is 110 Å². The zero-order valence-corrected chi connectivity index (χ0v) is 19.7. The van der Waals surface area contributed by atoms with Gasteiger partial charge >= 0.3 is 0 Å². The van der Waals surface area contributed by atoms with Crippen molar-refractivity contribution >= 4 is 79.6 Å².